The molecule has 0 bridgehead atoms. The molecule has 0 aromatic heterocycles. The zero-order valence-electron chi connectivity index (χ0n) is 15.5. The summed E-state index contributed by atoms with van der Waals surface area (Å²) >= 11 is 0. The third kappa shape index (κ3) is 4.64. The highest BCUT2D eigenvalue weighted by Crippen LogP contribution is 2.18. The summed E-state index contributed by atoms with van der Waals surface area (Å²) in [4.78, 5) is 16.4. The Labute approximate surface area is 156 Å². The first kappa shape index (κ1) is 18.5. The van der Waals surface area contributed by atoms with Crippen LogP contribution in [0.2, 0.25) is 0 Å². The molecule has 1 aliphatic rings. The third-order valence-corrected chi connectivity index (χ3v) is 5.38. The van der Waals surface area contributed by atoms with E-state index in [9.17, 15) is 9.90 Å². The van der Waals surface area contributed by atoms with Crippen LogP contribution in [0.25, 0.3) is 0 Å². The van der Waals surface area contributed by atoms with Gasteiger partial charge in [-0.05, 0) is 24.6 Å². The number of aromatic hydroxyl groups is 1. The molecule has 0 atom stereocenters. The van der Waals surface area contributed by atoms with E-state index in [-0.39, 0.29) is 11.8 Å². The Morgan fingerprint density at radius 1 is 1.08 bits per heavy atom. The van der Waals surface area contributed by atoms with Crippen molar-refractivity contribution in [3.8, 4) is 5.75 Å². The fraction of sp³-hybridized carbons (Fsp3) is 0.409. The van der Waals surface area contributed by atoms with Gasteiger partial charge in [0.2, 0.25) is 5.91 Å². The van der Waals surface area contributed by atoms with Gasteiger partial charge >= 0.3 is 0 Å². The Bertz CT molecular complexity index is 709. The van der Waals surface area contributed by atoms with Crippen molar-refractivity contribution in [2.45, 2.75) is 32.9 Å². The van der Waals surface area contributed by atoms with Crippen molar-refractivity contribution < 1.29 is 14.8 Å². The number of amides is 1. The number of likely N-dealkylation sites (tertiary alicyclic amines) is 1. The van der Waals surface area contributed by atoms with Crippen LogP contribution >= 0.6 is 0 Å². The van der Waals surface area contributed by atoms with Crippen molar-refractivity contribution in [1.29, 1.82) is 0 Å². The van der Waals surface area contributed by atoms with Gasteiger partial charge in [0.25, 0.3) is 0 Å². The van der Waals surface area contributed by atoms with Crippen molar-refractivity contribution in [2.24, 2.45) is 5.92 Å². The Hall–Kier alpha value is -2.33. The molecule has 2 N–H and O–H groups in total. The lowest BCUT2D eigenvalue weighted by Gasteiger charge is -2.32. The SMILES string of the molecule is CCN(Cc1ccccc1)C(=O)C1CC[NH+](Cc2ccccc2O)CC1. The molecule has 3 rings (SSSR count). The van der Waals surface area contributed by atoms with Crippen LogP contribution in [0.1, 0.15) is 30.9 Å². The van der Waals surface area contributed by atoms with Crippen LogP contribution in [0.3, 0.4) is 0 Å². The lowest BCUT2D eigenvalue weighted by molar-refractivity contribution is -0.919. The maximum atomic E-state index is 12.9. The summed E-state index contributed by atoms with van der Waals surface area (Å²) in [6.07, 6.45) is 1.85. The number of carbonyl (C=O) groups excluding carboxylic acids is 1. The zero-order valence-corrected chi connectivity index (χ0v) is 15.5. The number of rotatable bonds is 6. The second-order valence-corrected chi connectivity index (χ2v) is 7.17. The van der Waals surface area contributed by atoms with E-state index in [1.807, 2.05) is 41.3 Å². The Morgan fingerprint density at radius 3 is 2.38 bits per heavy atom. The fourth-order valence-electron chi connectivity index (χ4n) is 3.79. The van der Waals surface area contributed by atoms with Crippen LogP contribution in [-0.4, -0.2) is 35.5 Å². The van der Waals surface area contributed by atoms with Gasteiger partial charge in [0, 0.05) is 37.4 Å². The molecule has 4 nitrogen and oxygen atoms in total. The van der Waals surface area contributed by atoms with Crippen molar-refractivity contribution in [3.05, 3.63) is 65.7 Å². The standard InChI is InChI=1S/C22H28N2O2/c1-2-24(16-18-8-4-3-5-9-18)22(26)19-12-14-23(15-13-19)17-20-10-6-7-11-21(20)25/h3-11,19,25H,2,12-17H2,1H3/p+1. The van der Waals surface area contributed by atoms with Crippen LogP contribution in [-0.2, 0) is 17.9 Å². The van der Waals surface area contributed by atoms with E-state index in [4.69, 9.17) is 0 Å². The number of hydrogen-bond acceptors (Lipinski definition) is 2. The number of phenolic OH excluding ortho intramolecular Hbond substituents is 1. The summed E-state index contributed by atoms with van der Waals surface area (Å²) in [7, 11) is 0. The van der Waals surface area contributed by atoms with E-state index in [1.165, 1.54) is 10.5 Å². The number of phenols is 1. The molecule has 0 radical (unpaired) electrons. The molecule has 2 aromatic rings. The van der Waals surface area contributed by atoms with E-state index in [1.54, 1.807) is 6.07 Å². The lowest BCUT2D eigenvalue weighted by atomic mass is 9.94. The number of nitrogens with one attached hydrogen (secondary N) is 1. The molecule has 2 aromatic carbocycles. The quantitative estimate of drug-likeness (QED) is 0.837. The summed E-state index contributed by atoms with van der Waals surface area (Å²) in [6, 6.07) is 17.8. The molecule has 0 unspecified atom stereocenters. The Balaban J connectivity index is 1.53. The van der Waals surface area contributed by atoms with E-state index in [0.717, 1.165) is 44.6 Å². The molecule has 26 heavy (non-hydrogen) atoms. The molecule has 1 saturated heterocycles. The maximum absolute atomic E-state index is 12.9. The molecule has 1 heterocycles. The van der Waals surface area contributed by atoms with Gasteiger partial charge in [0.1, 0.15) is 12.3 Å². The molecular weight excluding hydrogens is 324 g/mol. The minimum atomic E-state index is 0.131. The average Bonchev–Trinajstić information content (AvgIpc) is 2.69. The van der Waals surface area contributed by atoms with Gasteiger partial charge in [0.05, 0.1) is 13.1 Å². The number of piperidine rings is 1. The van der Waals surface area contributed by atoms with Gasteiger partial charge in [0.15, 0.2) is 0 Å². The molecule has 1 aliphatic heterocycles. The molecule has 1 amide bonds. The highest BCUT2D eigenvalue weighted by Gasteiger charge is 2.30. The van der Waals surface area contributed by atoms with Crippen LogP contribution in [0, 0.1) is 5.92 Å². The summed E-state index contributed by atoms with van der Waals surface area (Å²) in [6.45, 7) is 6.29. The first-order valence-electron chi connectivity index (χ1n) is 9.60. The van der Waals surface area contributed by atoms with Gasteiger partial charge < -0.3 is 14.9 Å². The van der Waals surface area contributed by atoms with Crippen LogP contribution in [0.4, 0.5) is 0 Å². The summed E-state index contributed by atoms with van der Waals surface area (Å²) in [5, 5.41) is 9.95. The van der Waals surface area contributed by atoms with Crippen molar-refractivity contribution >= 4 is 5.91 Å². The van der Waals surface area contributed by atoms with E-state index < -0.39 is 0 Å². The zero-order chi connectivity index (χ0) is 18.4. The van der Waals surface area contributed by atoms with Gasteiger partial charge in [-0.1, -0.05) is 42.5 Å². The number of para-hydroxylation sites is 1. The highest BCUT2D eigenvalue weighted by atomic mass is 16.3. The van der Waals surface area contributed by atoms with Gasteiger partial charge in [-0.2, -0.15) is 0 Å². The largest absolute Gasteiger partial charge is 0.507 e. The molecule has 0 saturated carbocycles. The molecule has 138 valence electrons. The topological polar surface area (TPSA) is 45.0 Å². The smallest absolute Gasteiger partial charge is 0.226 e. The lowest BCUT2D eigenvalue weighted by Crippen LogP contribution is -3.11. The first-order chi connectivity index (χ1) is 12.7. The highest BCUT2D eigenvalue weighted by molar-refractivity contribution is 5.78. The minimum absolute atomic E-state index is 0.131. The van der Waals surface area contributed by atoms with Gasteiger partial charge in [-0.3, -0.25) is 4.79 Å². The number of hydrogen-bond donors (Lipinski definition) is 2. The van der Waals surface area contributed by atoms with Crippen LogP contribution in [0.15, 0.2) is 54.6 Å². The van der Waals surface area contributed by atoms with Crippen molar-refractivity contribution in [3.63, 3.8) is 0 Å². The van der Waals surface area contributed by atoms with Crippen molar-refractivity contribution in [1.82, 2.24) is 4.90 Å². The molecule has 1 fully saturated rings. The minimum Gasteiger partial charge on any atom is -0.507 e. The Kier molecular flexibility index (Phi) is 6.29. The summed E-state index contributed by atoms with van der Waals surface area (Å²) in [5.74, 6) is 0.794. The molecule has 4 heteroatoms. The van der Waals surface area contributed by atoms with Crippen LogP contribution in [0.5, 0.6) is 5.75 Å². The average molecular weight is 353 g/mol. The normalized spacial score (nSPS) is 19.9. The van der Waals surface area contributed by atoms with Gasteiger partial charge in [-0.25, -0.2) is 0 Å². The fourth-order valence-corrected chi connectivity index (χ4v) is 3.79. The molecule has 0 spiro atoms. The second-order valence-electron chi connectivity index (χ2n) is 7.17. The first-order valence-corrected chi connectivity index (χ1v) is 9.60. The summed E-state index contributed by atoms with van der Waals surface area (Å²) in [5.41, 5.74) is 2.18. The summed E-state index contributed by atoms with van der Waals surface area (Å²) < 4.78 is 0. The van der Waals surface area contributed by atoms with E-state index in [2.05, 4.69) is 19.1 Å². The molecular formula is C22H29N2O2+. The molecule has 0 aliphatic carbocycles. The van der Waals surface area contributed by atoms with E-state index >= 15 is 0 Å². The second kappa shape index (κ2) is 8.86. The number of quaternary nitrogens is 1. The number of benzene rings is 2. The van der Waals surface area contributed by atoms with E-state index in [0.29, 0.717) is 12.3 Å². The van der Waals surface area contributed by atoms with Gasteiger partial charge in [-0.15, -0.1) is 0 Å². The maximum Gasteiger partial charge on any atom is 0.226 e. The predicted octanol–water partition coefficient (Wildman–Crippen LogP) is 2.24. The monoisotopic (exact) mass is 353 g/mol. The van der Waals surface area contributed by atoms with Crippen LogP contribution < -0.4 is 4.90 Å². The number of carbonyl (C=O) groups is 1. The Morgan fingerprint density at radius 2 is 1.73 bits per heavy atom. The third-order valence-electron chi connectivity index (χ3n) is 5.38. The number of nitrogens with zero attached hydrogens (tertiary/aromatic N) is 1. The van der Waals surface area contributed by atoms with Crippen molar-refractivity contribution in [2.75, 3.05) is 19.6 Å². The predicted molar refractivity (Wildman–Crippen MR) is 103 cm³/mol.